The normalized spacial score (nSPS) is 10.7. The van der Waals surface area contributed by atoms with Gasteiger partial charge in [-0.25, -0.2) is 4.39 Å². The smallest absolute Gasteiger partial charge is 0.128 e. The van der Waals surface area contributed by atoms with Crippen LogP contribution in [-0.2, 0) is 6.54 Å². The van der Waals surface area contributed by atoms with Crippen molar-refractivity contribution in [1.82, 2.24) is 5.32 Å². The van der Waals surface area contributed by atoms with Crippen LogP contribution < -0.4 is 5.32 Å². The van der Waals surface area contributed by atoms with Crippen LogP contribution in [0.4, 0.5) is 4.39 Å². The second kappa shape index (κ2) is 5.98. The van der Waals surface area contributed by atoms with Gasteiger partial charge in [-0.1, -0.05) is 37.3 Å². The van der Waals surface area contributed by atoms with Crippen molar-refractivity contribution in [1.29, 1.82) is 0 Å². The molecule has 0 saturated heterocycles. The molecule has 0 spiro atoms. The minimum Gasteiger partial charge on any atom is -0.313 e. The van der Waals surface area contributed by atoms with Gasteiger partial charge in [-0.15, -0.1) is 0 Å². The fourth-order valence-electron chi connectivity index (χ4n) is 2.18. The number of aryl methyl sites for hydroxylation is 1. The van der Waals surface area contributed by atoms with Crippen molar-refractivity contribution in [2.45, 2.75) is 27.3 Å². The van der Waals surface area contributed by atoms with Crippen LogP contribution >= 0.6 is 0 Å². The Morgan fingerprint density at radius 2 is 1.89 bits per heavy atom. The molecule has 2 heteroatoms. The van der Waals surface area contributed by atoms with E-state index in [2.05, 4.69) is 25.2 Å². The third-order valence-electron chi connectivity index (χ3n) is 3.53. The molecular weight excluding hydrogens is 237 g/mol. The third-order valence-corrected chi connectivity index (χ3v) is 3.53. The van der Waals surface area contributed by atoms with Crippen LogP contribution in [0.3, 0.4) is 0 Å². The lowest BCUT2D eigenvalue weighted by molar-refractivity contribution is 0.594. The summed E-state index contributed by atoms with van der Waals surface area (Å²) >= 11 is 0. The van der Waals surface area contributed by atoms with E-state index in [1.807, 2.05) is 31.2 Å². The second-order valence-electron chi connectivity index (χ2n) is 4.83. The van der Waals surface area contributed by atoms with Crippen molar-refractivity contribution < 1.29 is 4.39 Å². The quantitative estimate of drug-likeness (QED) is 0.864. The molecule has 0 amide bonds. The van der Waals surface area contributed by atoms with Crippen LogP contribution in [0.15, 0.2) is 36.4 Å². The van der Waals surface area contributed by atoms with Crippen molar-refractivity contribution in [3.05, 3.63) is 58.9 Å². The zero-order chi connectivity index (χ0) is 13.8. The number of hydrogen-bond donors (Lipinski definition) is 1. The zero-order valence-electron chi connectivity index (χ0n) is 11.8. The molecule has 0 radical (unpaired) electrons. The molecule has 2 aromatic carbocycles. The second-order valence-corrected chi connectivity index (χ2v) is 4.83. The number of benzene rings is 2. The number of halogens is 1. The maximum atomic E-state index is 14.1. The van der Waals surface area contributed by atoms with Gasteiger partial charge in [0.15, 0.2) is 0 Å². The van der Waals surface area contributed by atoms with Gasteiger partial charge in [0.25, 0.3) is 0 Å². The lowest BCUT2D eigenvalue weighted by Gasteiger charge is -2.11. The Balaban J connectivity index is 2.36. The predicted octanol–water partition coefficient (Wildman–Crippen LogP) is 4.22. The Bertz CT molecular complexity index is 575. The van der Waals surface area contributed by atoms with E-state index >= 15 is 0 Å². The van der Waals surface area contributed by atoms with E-state index in [4.69, 9.17) is 0 Å². The van der Waals surface area contributed by atoms with Crippen molar-refractivity contribution in [3.8, 4) is 11.1 Å². The average molecular weight is 257 g/mol. The minimum absolute atomic E-state index is 0.139. The third kappa shape index (κ3) is 3.02. The molecule has 1 nitrogen and oxygen atoms in total. The SMILES string of the molecule is CCNCc1ccc(-c2cccc(C)c2C)cc1F. The molecule has 0 bridgehead atoms. The highest BCUT2D eigenvalue weighted by Gasteiger charge is 2.07. The first kappa shape index (κ1) is 13.8. The Morgan fingerprint density at radius 1 is 1.11 bits per heavy atom. The Hall–Kier alpha value is -1.67. The van der Waals surface area contributed by atoms with Crippen LogP contribution in [0.5, 0.6) is 0 Å². The van der Waals surface area contributed by atoms with Gasteiger partial charge < -0.3 is 5.32 Å². The average Bonchev–Trinajstić information content (AvgIpc) is 2.40. The van der Waals surface area contributed by atoms with Gasteiger partial charge in [0.05, 0.1) is 0 Å². The maximum Gasteiger partial charge on any atom is 0.128 e. The molecule has 2 aromatic rings. The summed E-state index contributed by atoms with van der Waals surface area (Å²) in [5.41, 5.74) is 5.21. The van der Waals surface area contributed by atoms with E-state index < -0.39 is 0 Å². The van der Waals surface area contributed by atoms with Gasteiger partial charge in [-0.2, -0.15) is 0 Å². The largest absolute Gasteiger partial charge is 0.313 e. The van der Waals surface area contributed by atoms with Gasteiger partial charge >= 0.3 is 0 Å². The summed E-state index contributed by atoms with van der Waals surface area (Å²) < 4.78 is 14.1. The van der Waals surface area contributed by atoms with Crippen LogP contribution in [0, 0.1) is 19.7 Å². The summed E-state index contributed by atoms with van der Waals surface area (Å²) in [6, 6.07) is 11.6. The van der Waals surface area contributed by atoms with Gasteiger partial charge in [0.1, 0.15) is 5.82 Å². The Morgan fingerprint density at radius 3 is 2.58 bits per heavy atom. The molecule has 0 aromatic heterocycles. The van der Waals surface area contributed by atoms with Crippen molar-refractivity contribution >= 4 is 0 Å². The summed E-state index contributed by atoms with van der Waals surface area (Å²) in [6.45, 7) is 7.60. The molecule has 0 heterocycles. The first-order valence-corrected chi connectivity index (χ1v) is 6.69. The molecule has 2 rings (SSSR count). The van der Waals surface area contributed by atoms with E-state index in [0.29, 0.717) is 6.54 Å². The summed E-state index contributed by atoms with van der Waals surface area (Å²) in [7, 11) is 0. The maximum absolute atomic E-state index is 14.1. The predicted molar refractivity (Wildman–Crippen MR) is 78.7 cm³/mol. The standard InChI is InChI=1S/C17H20FN/c1-4-19-11-15-9-8-14(10-17(15)18)16-7-5-6-12(2)13(16)3/h5-10,19H,4,11H2,1-3H3. The van der Waals surface area contributed by atoms with Gasteiger partial charge in [0.2, 0.25) is 0 Å². The molecule has 0 unspecified atom stereocenters. The molecular formula is C17H20FN. The molecule has 0 saturated carbocycles. The highest BCUT2D eigenvalue weighted by atomic mass is 19.1. The first-order valence-electron chi connectivity index (χ1n) is 6.69. The van der Waals surface area contributed by atoms with E-state index in [9.17, 15) is 4.39 Å². The van der Waals surface area contributed by atoms with Crippen molar-refractivity contribution in [2.24, 2.45) is 0 Å². The molecule has 0 aliphatic heterocycles. The van der Waals surface area contributed by atoms with E-state index in [-0.39, 0.29) is 5.82 Å². The van der Waals surface area contributed by atoms with Crippen LogP contribution in [0.1, 0.15) is 23.6 Å². The number of nitrogens with one attached hydrogen (secondary N) is 1. The zero-order valence-corrected chi connectivity index (χ0v) is 11.8. The number of rotatable bonds is 4. The van der Waals surface area contributed by atoms with Gasteiger partial charge in [-0.05, 0) is 48.7 Å². The first-order chi connectivity index (χ1) is 9.13. The highest BCUT2D eigenvalue weighted by Crippen LogP contribution is 2.26. The fourth-order valence-corrected chi connectivity index (χ4v) is 2.18. The lowest BCUT2D eigenvalue weighted by Crippen LogP contribution is -2.12. The van der Waals surface area contributed by atoms with Crippen LogP contribution in [0.25, 0.3) is 11.1 Å². The molecule has 0 atom stereocenters. The monoisotopic (exact) mass is 257 g/mol. The molecule has 100 valence electrons. The highest BCUT2D eigenvalue weighted by molar-refractivity contribution is 5.68. The molecule has 0 aliphatic rings. The number of hydrogen-bond acceptors (Lipinski definition) is 1. The van der Waals surface area contributed by atoms with Crippen LogP contribution in [0.2, 0.25) is 0 Å². The summed E-state index contributed by atoms with van der Waals surface area (Å²) in [6.07, 6.45) is 0. The van der Waals surface area contributed by atoms with Crippen LogP contribution in [-0.4, -0.2) is 6.54 Å². The fraction of sp³-hybridized carbons (Fsp3) is 0.294. The van der Waals surface area contributed by atoms with E-state index in [0.717, 1.165) is 23.2 Å². The summed E-state index contributed by atoms with van der Waals surface area (Å²) in [5.74, 6) is -0.139. The molecule has 19 heavy (non-hydrogen) atoms. The lowest BCUT2D eigenvalue weighted by atomic mass is 9.96. The summed E-state index contributed by atoms with van der Waals surface area (Å²) in [4.78, 5) is 0. The topological polar surface area (TPSA) is 12.0 Å². The molecule has 0 fully saturated rings. The minimum atomic E-state index is -0.139. The van der Waals surface area contributed by atoms with Gasteiger partial charge in [-0.3, -0.25) is 0 Å². The van der Waals surface area contributed by atoms with E-state index in [1.54, 1.807) is 6.07 Å². The van der Waals surface area contributed by atoms with Gasteiger partial charge in [0, 0.05) is 12.1 Å². The Kier molecular flexibility index (Phi) is 4.33. The molecule has 1 N–H and O–H groups in total. The Labute approximate surface area is 114 Å². The van der Waals surface area contributed by atoms with E-state index in [1.165, 1.54) is 11.1 Å². The summed E-state index contributed by atoms with van der Waals surface area (Å²) in [5, 5.41) is 3.15. The molecule has 0 aliphatic carbocycles. The van der Waals surface area contributed by atoms with Crippen molar-refractivity contribution in [3.63, 3.8) is 0 Å². The van der Waals surface area contributed by atoms with Crippen molar-refractivity contribution in [2.75, 3.05) is 6.54 Å².